The normalized spacial score (nSPS) is 12.2. The van der Waals surface area contributed by atoms with Gasteiger partial charge in [-0.05, 0) is 24.5 Å². The Labute approximate surface area is 110 Å². The topological polar surface area (TPSA) is 55.1 Å². The number of benzene rings is 1. The van der Waals surface area contributed by atoms with E-state index < -0.39 is 0 Å². The lowest BCUT2D eigenvalue weighted by Crippen LogP contribution is -2.23. The number of hydrogen-bond donors (Lipinski definition) is 2. The fraction of sp³-hybridized carbons (Fsp3) is 0.533. The zero-order valence-corrected chi connectivity index (χ0v) is 11.4. The van der Waals surface area contributed by atoms with Crippen molar-refractivity contribution in [3.63, 3.8) is 0 Å². The third-order valence-corrected chi connectivity index (χ3v) is 3.26. The molecule has 1 aromatic carbocycles. The van der Waals surface area contributed by atoms with Crippen molar-refractivity contribution >= 4 is 11.6 Å². The summed E-state index contributed by atoms with van der Waals surface area (Å²) in [4.78, 5) is 12.2. The molecular formula is C15H24N2O. The van der Waals surface area contributed by atoms with Gasteiger partial charge in [-0.25, -0.2) is 0 Å². The number of para-hydroxylation sites is 1. The van der Waals surface area contributed by atoms with Gasteiger partial charge in [-0.2, -0.15) is 0 Å². The van der Waals surface area contributed by atoms with Crippen LogP contribution >= 0.6 is 0 Å². The molecule has 0 saturated heterocycles. The van der Waals surface area contributed by atoms with Gasteiger partial charge in [0.25, 0.3) is 0 Å². The lowest BCUT2D eigenvalue weighted by Gasteiger charge is -2.16. The molecule has 0 aliphatic carbocycles. The summed E-state index contributed by atoms with van der Waals surface area (Å²) in [7, 11) is 0. The number of rotatable bonds is 7. The van der Waals surface area contributed by atoms with E-state index >= 15 is 0 Å². The van der Waals surface area contributed by atoms with Gasteiger partial charge in [-0.1, -0.05) is 44.9 Å². The second-order valence-corrected chi connectivity index (χ2v) is 4.60. The van der Waals surface area contributed by atoms with Crippen molar-refractivity contribution in [1.29, 1.82) is 0 Å². The monoisotopic (exact) mass is 248 g/mol. The first-order valence-electron chi connectivity index (χ1n) is 6.81. The molecule has 0 saturated carbocycles. The molecule has 0 heterocycles. The van der Waals surface area contributed by atoms with Crippen LogP contribution in [-0.2, 0) is 11.3 Å². The molecule has 3 heteroatoms. The Bertz CT molecular complexity index is 377. The summed E-state index contributed by atoms with van der Waals surface area (Å²) in [5.74, 6) is 0.225. The van der Waals surface area contributed by atoms with Crippen LogP contribution in [0.25, 0.3) is 0 Å². The number of unbranched alkanes of at least 4 members (excludes halogenated alkanes) is 1. The fourth-order valence-electron chi connectivity index (χ4n) is 2.03. The van der Waals surface area contributed by atoms with Gasteiger partial charge in [-0.15, -0.1) is 0 Å². The average molecular weight is 248 g/mol. The quantitative estimate of drug-likeness (QED) is 0.778. The number of amides is 1. The van der Waals surface area contributed by atoms with Gasteiger partial charge in [0, 0.05) is 18.2 Å². The SMILES string of the molecule is CCCCC(CC)C(=O)Nc1ccccc1CN. The van der Waals surface area contributed by atoms with Gasteiger partial charge in [0.1, 0.15) is 0 Å². The van der Waals surface area contributed by atoms with Crippen LogP contribution < -0.4 is 11.1 Å². The largest absolute Gasteiger partial charge is 0.326 e. The van der Waals surface area contributed by atoms with Crippen LogP contribution in [0.15, 0.2) is 24.3 Å². The molecule has 1 unspecified atom stereocenters. The minimum Gasteiger partial charge on any atom is -0.326 e. The van der Waals surface area contributed by atoms with E-state index in [0.29, 0.717) is 6.54 Å². The van der Waals surface area contributed by atoms with Crippen molar-refractivity contribution in [2.75, 3.05) is 5.32 Å². The Morgan fingerprint density at radius 2 is 2.06 bits per heavy atom. The fourth-order valence-corrected chi connectivity index (χ4v) is 2.03. The van der Waals surface area contributed by atoms with E-state index in [1.165, 1.54) is 0 Å². The number of hydrogen-bond acceptors (Lipinski definition) is 2. The van der Waals surface area contributed by atoms with Crippen molar-refractivity contribution in [3.8, 4) is 0 Å². The highest BCUT2D eigenvalue weighted by Gasteiger charge is 2.16. The second kappa shape index (κ2) is 7.88. The summed E-state index contributed by atoms with van der Waals surface area (Å²) >= 11 is 0. The zero-order valence-electron chi connectivity index (χ0n) is 11.4. The third kappa shape index (κ3) is 4.15. The van der Waals surface area contributed by atoms with Crippen LogP contribution in [0.3, 0.4) is 0 Å². The minimum absolute atomic E-state index is 0.107. The van der Waals surface area contributed by atoms with Crippen molar-refractivity contribution in [1.82, 2.24) is 0 Å². The number of carbonyl (C=O) groups excluding carboxylic acids is 1. The maximum Gasteiger partial charge on any atom is 0.227 e. The average Bonchev–Trinajstić information content (AvgIpc) is 2.40. The highest BCUT2D eigenvalue weighted by Crippen LogP contribution is 2.18. The van der Waals surface area contributed by atoms with Gasteiger partial charge in [0.15, 0.2) is 0 Å². The van der Waals surface area contributed by atoms with Gasteiger partial charge in [0.2, 0.25) is 5.91 Å². The molecule has 0 aromatic heterocycles. The van der Waals surface area contributed by atoms with E-state index in [4.69, 9.17) is 5.73 Å². The molecule has 0 aliphatic rings. The molecule has 18 heavy (non-hydrogen) atoms. The zero-order chi connectivity index (χ0) is 13.4. The molecule has 1 aromatic rings. The molecule has 3 nitrogen and oxygen atoms in total. The van der Waals surface area contributed by atoms with Crippen LogP contribution in [-0.4, -0.2) is 5.91 Å². The standard InChI is InChI=1S/C15H24N2O/c1-3-5-8-12(4-2)15(18)17-14-10-7-6-9-13(14)11-16/h6-7,9-10,12H,3-5,8,11,16H2,1-2H3,(H,17,18). The van der Waals surface area contributed by atoms with Crippen LogP contribution in [0, 0.1) is 5.92 Å². The van der Waals surface area contributed by atoms with Crippen LogP contribution in [0.2, 0.25) is 0 Å². The Morgan fingerprint density at radius 3 is 2.67 bits per heavy atom. The van der Waals surface area contributed by atoms with E-state index in [1.54, 1.807) is 0 Å². The van der Waals surface area contributed by atoms with Crippen LogP contribution in [0.4, 0.5) is 5.69 Å². The number of carbonyl (C=O) groups is 1. The van der Waals surface area contributed by atoms with E-state index in [2.05, 4.69) is 19.2 Å². The number of nitrogens with two attached hydrogens (primary N) is 1. The maximum atomic E-state index is 12.2. The molecule has 0 radical (unpaired) electrons. The highest BCUT2D eigenvalue weighted by atomic mass is 16.1. The van der Waals surface area contributed by atoms with Gasteiger partial charge in [-0.3, -0.25) is 4.79 Å². The Kier molecular flexibility index (Phi) is 6.44. The summed E-state index contributed by atoms with van der Waals surface area (Å²) in [5.41, 5.74) is 7.49. The Balaban J connectivity index is 2.67. The summed E-state index contributed by atoms with van der Waals surface area (Å²) in [6, 6.07) is 7.71. The van der Waals surface area contributed by atoms with E-state index in [1.807, 2.05) is 24.3 Å². The Morgan fingerprint density at radius 1 is 1.33 bits per heavy atom. The highest BCUT2D eigenvalue weighted by molar-refractivity contribution is 5.93. The van der Waals surface area contributed by atoms with Crippen molar-refractivity contribution in [2.45, 2.75) is 46.1 Å². The summed E-state index contributed by atoms with van der Waals surface area (Å²) < 4.78 is 0. The van der Waals surface area contributed by atoms with Crippen molar-refractivity contribution in [3.05, 3.63) is 29.8 Å². The summed E-state index contributed by atoms with van der Waals surface area (Å²) in [6.45, 7) is 4.66. The van der Waals surface area contributed by atoms with Crippen LogP contribution in [0.5, 0.6) is 0 Å². The molecule has 3 N–H and O–H groups in total. The molecule has 100 valence electrons. The van der Waals surface area contributed by atoms with Crippen LogP contribution in [0.1, 0.15) is 45.1 Å². The molecule has 1 amide bonds. The molecule has 0 aliphatic heterocycles. The smallest absolute Gasteiger partial charge is 0.227 e. The van der Waals surface area contributed by atoms with Crippen molar-refractivity contribution in [2.24, 2.45) is 11.7 Å². The van der Waals surface area contributed by atoms with Gasteiger partial charge in [0.05, 0.1) is 0 Å². The summed E-state index contributed by atoms with van der Waals surface area (Å²) in [5, 5.41) is 3.00. The lowest BCUT2D eigenvalue weighted by atomic mass is 9.98. The maximum absolute atomic E-state index is 12.2. The number of nitrogens with one attached hydrogen (secondary N) is 1. The third-order valence-electron chi connectivity index (χ3n) is 3.26. The van der Waals surface area contributed by atoms with E-state index in [-0.39, 0.29) is 11.8 Å². The Hall–Kier alpha value is -1.35. The molecular weight excluding hydrogens is 224 g/mol. The summed E-state index contributed by atoms with van der Waals surface area (Å²) in [6.07, 6.45) is 4.08. The van der Waals surface area contributed by atoms with Gasteiger partial charge < -0.3 is 11.1 Å². The second-order valence-electron chi connectivity index (χ2n) is 4.60. The van der Waals surface area contributed by atoms with Gasteiger partial charge >= 0.3 is 0 Å². The molecule has 1 rings (SSSR count). The van der Waals surface area contributed by atoms with Crippen molar-refractivity contribution < 1.29 is 4.79 Å². The minimum atomic E-state index is 0.107. The predicted octanol–water partition coefficient (Wildman–Crippen LogP) is 3.30. The molecule has 0 spiro atoms. The first-order valence-corrected chi connectivity index (χ1v) is 6.81. The molecule has 0 bridgehead atoms. The molecule has 0 fully saturated rings. The first-order chi connectivity index (χ1) is 8.72. The van der Waals surface area contributed by atoms with E-state index in [9.17, 15) is 4.79 Å². The van der Waals surface area contributed by atoms with E-state index in [0.717, 1.165) is 36.9 Å². The predicted molar refractivity (Wildman–Crippen MR) is 76.3 cm³/mol. The lowest BCUT2D eigenvalue weighted by molar-refractivity contribution is -0.120. The first kappa shape index (κ1) is 14.7. The molecule has 1 atom stereocenters. The number of anilines is 1.